The number of hydrogen-bond acceptors (Lipinski definition) is 3. The fourth-order valence-electron chi connectivity index (χ4n) is 2.39. The SMILES string of the molecule is Oc1cccc2ccc(-c3ncc4ccccn34)nc12. The topological polar surface area (TPSA) is 50.4 Å². The van der Waals surface area contributed by atoms with E-state index < -0.39 is 0 Å². The first kappa shape index (κ1) is 11.0. The highest BCUT2D eigenvalue weighted by Gasteiger charge is 2.09. The third-order valence-corrected chi connectivity index (χ3v) is 3.37. The van der Waals surface area contributed by atoms with E-state index in [2.05, 4.69) is 9.97 Å². The number of phenols is 1. The van der Waals surface area contributed by atoms with Crippen molar-refractivity contribution in [2.75, 3.05) is 0 Å². The molecule has 0 fully saturated rings. The molecule has 0 saturated carbocycles. The van der Waals surface area contributed by atoms with Crippen LogP contribution in [-0.4, -0.2) is 19.5 Å². The van der Waals surface area contributed by atoms with Crippen LogP contribution in [0.3, 0.4) is 0 Å². The van der Waals surface area contributed by atoms with Gasteiger partial charge in [-0.1, -0.05) is 24.3 Å². The molecule has 3 heterocycles. The molecule has 0 aliphatic heterocycles. The van der Waals surface area contributed by atoms with Gasteiger partial charge in [0, 0.05) is 11.6 Å². The number of aromatic hydroxyl groups is 1. The number of hydrogen-bond donors (Lipinski definition) is 1. The Morgan fingerprint density at radius 3 is 2.85 bits per heavy atom. The second kappa shape index (κ2) is 4.06. The molecule has 0 unspecified atom stereocenters. The van der Waals surface area contributed by atoms with Crippen molar-refractivity contribution < 1.29 is 5.11 Å². The molecule has 3 aromatic heterocycles. The Labute approximate surface area is 115 Å². The van der Waals surface area contributed by atoms with E-state index in [1.807, 2.05) is 59.3 Å². The molecule has 0 atom stereocenters. The van der Waals surface area contributed by atoms with E-state index in [0.29, 0.717) is 5.52 Å². The molecule has 0 bridgehead atoms. The summed E-state index contributed by atoms with van der Waals surface area (Å²) in [5.74, 6) is 0.955. The lowest BCUT2D eigenvalue weighted by atomic mass is 10.2. The van der Waals surface area contributed by atoms with Crippen molar-refractivity contribution >= 4 is 16.4 Å². The molecule has 1 aromatic carbocycles. The van der Waals surface area contributed by atoms with E-state index in [0.717, 1.165) is 22.4 Å². The van der Waals surface area contributed by atoms with Crippen molar-refractivity contribution in [1.29, 1.82) is 0 Å². The number of imidazole rings is 1. The third kappa shape index (κ3) is 1.55. The first-order chi connectivity index (χ1) is 9.83. The van der Waals surface area contributed by atoms with Crippen LogP contribution < -0.4 is 0 Å². The van der Waals surface area contributed by atoms with Gasteiger partial charge in [-0.25, -0.2) is 9.97 Å². The van der Waals surface area contributed by atoms with Crippen LogP contribution in [0, 0.1) is 0 Å². The minimum Gasteiger partial charge on any atom is -0.506 e. The molecule has 0 amide bonds. The first-order valence-electron chi connectivity index (χ1n) is 6.34. The standard InChI is InChI=1S/C16H11N3O/c20-14-6-3-4-11-7-8-13(18-15(11)14)16-17-10-12-5-1-2-9-19(12)16/h1-10,20H. The van der Waals surface area contributed by atoms with Gasteiger partial charge in [-0.15, -0.1) is 0 Å². The highest BCUT2D eigenvalue weighted by molar-refractivity contribution is 5.86. The van der Waals surface area contributed by atoms with Crippen LogP contribution in [0.15, 0.2) is 60.9 Å². The maximum atomic E-state index is 9.92. The van der Waals surface area contributed by atoms with E-state index in [1.54, 1.807) is 6.07 Å². The summed E-state index contributed by atoms with van der Waals surface area (Å²) in [6, 6.07) is 15.2. The fraction of sp³-hybridized carbons (Fsp3) is 0. The van der Waals surface area contributed by atoms with Crippen LogP contribution >= 0.6 is 0 Å². The lowest BCUT2D eigenvalue weighted by Gasteiger charge is -2.04. The van der Waals surface area contributed by atoms with Crippen LogP contribution in [0.25, 0.3) is 27.9 Å². The Bertz CT molecular complexity index is 927. The summed E-state index contributed by atoms with van der Waals surface area (Å²) >= 11 is 0. The lowest BCUT2D eigenvalue weighted by Crippen LogP contribution is -1.92. The van der Waals surface area contributed by atoms with Crippen LogP contribution in [0.4, 0.5) is 0 Å². The van der Waals surface area contributed by atoms with Gasteiger partial charge < -0.3 is 5.11 Å². The van der Waals surface area contributed by atoms with Crippen LogP contribution in [0.1, 0.15) is 0 Å². The van der Waals surface area contributed by atoms with E-state index >= 15 is 0 Å². The van der Waals surface area contributed by atoms with Crippen LogP contribution in [0.2, 0.25) is 0 Å². The van der Waals surface area contributed by atoms with Gasteiger partial charge in [0.2, 0.25) is 0 Å². The van der Waals surface area contributed by atoms with Crippen molar-refractivity contribution in [2.24, 2.45) is 0 Å². The number of fused-ring (bicyclic) bond motifs is 2. The van der Waals surface area contributed by atoms with Gasteiger partial charge in [-0.3, -0.25) is 4.40 Å². The zero-order chi connectivity index (χ0) is 13.5. The minimum atomic E-state index is 0.185. The predicted molar refractivity (Wildman–Crippen MR) is 77.6 cm³/mol. The Kier molecular flexibility index (Phi) is 2.23. The fourth-order valence-corrected chi connectivity index (χ4v) is 2.39. The Morgan fingerprint density at radius 1 is 0.950 bits per heavy atom. The molecule has 0 aliphatic carbocycles. The number of phenolic OH excluding ortho intramolecular Hbond substituents is 1. The molecule has 1 N–H and O–H groups in total. The number of rotatable bonds is 1. The largest absolute Gasteiger partial charge is 0.506 e. The van der Waals surface area contributed by atoms with Gasteiger partial charge in [-0.05, 0) is 24.3 Å². The number of aromatic nitrogens is 3. The van der Waals surface area contributed by atoms with Gasteiger partial charge in [0.15, 0.2) is 5.82 Å². The number of benzene rings is 1. The molecule has 0 spiro atoms. The van der Waals surface area contributed by atoms with Crippen molar-refractivity contribution in [2.45, 2.75) is 0 Å². The zero-order valence-electron chi connectivity index (χ0n) is 10.6. The van der Waals surface area contributed by atoms with E-state index in [-0.39, 0.29) is 5.75 Å². The Balaban J connectivity index is 2.00. The van der Waals surface area contributed by atoms with Crippen molar-refractivity contribution in [3.8, 4) is 17.3 Å². The normalized spacial score (nSPS) is 11.2. The summed E-state index contributed by atoms with van der Waals surface area (Å²) in [6.07, 6.45) is 3.76. The second-order valence-corrected chi connectivity index (χ2v) is 4.62. The molecule has 0 radical (unpaired) electrons. The Morgan fingerprint density at radius 2 is 1.90 bits per heavy atom. The summed E-state index contributed by atoms with van der Waals surface area (Å²) in [5, 5.41) is 10.8. The highest BCUT2D eigenvalue weighted by atomic mass is 16.3. The average molecular weight is 261 g/mol. The van der Waals surface area contributed by atoms with Crippen molar-refractivity contribution in [1.82, 2.24) is 14.4 Å². The van der Waals surface area contributed by atoms with E-state index in [4.69, 9.17) is 0 Å². The lowest BCUT2D eigenvalue weighted by molar-refractivity contribution is 0.480. The van der Waals surface area contributed by atoms with Crippen molar-refractivity contribution in [3.05, 3.63) is 60.9 Å². The molecule has 96 valence electrons. The Hall–Kier alpha value is -2.88. The number of para-hydroxylation sites is 1. The summed E-state index contributed by atoms with van der Waals surface area (Å²) in [5.41, 5.74) is 2.35. The summed E-state index contributed by atoms with van der Waals surface area (Å²) in [4.78, 5) is 8.95. The van der Waals surface area contributed by atoms with Gasteiger partial charge in [-0.2, -0.15) is 0 Å². The molecule has 4 aromatic rings. The van der Waals surface area contributed by atoms with Crippen LogP contribution in [-0.2, 0) is 0 Å². The quantitative estimate of drug-likeness (QED) is 0.572. The number of pyridine rings is 2. The molecule has 0 saturated heterocycles. The minimum absolute atomic E-state index is 0.185. The molecular formula is C16H11N3O. The van der Waals surface area contributed by atoms with Gasteiger partial charge >= 0.3 is 0 Å². The molecule has 20 heavy (non-hydrogen) atoms. The zero-order valence-corrected chi connectivity index (χ0v) is 10.6. The number of nitrogens with zero attached hydrogens (tertiary/aromatic N) is 3. The maximum absolute atomic E-state index is 9.92. The predicted octanol–water partition coefficient (Wildman–Crippen LogP) is 3.26. The summed E-state index contributed by atoms with van der Waals surface area (Å²) < 4.78 is 1.98. The molecule has 4 heteroatoms. The summed E-state index contributed by atoms with van der Waals surface area (Å²) in [6.45, 7) is 0. The molecule has 4 rings (SSSR count). The first-order valence-corrected chi connectivity index (χ1v) is 6.34. The summed E-state index contributed by atoms with van der Waals surface area (Å²) in [7, 11) is 0. The molecule has 0 aliphatic rings. The third-order valence-electron chi connectivity index (χ3n) is 3.37. The van der Waals surface area contributed by atoms with Crippen molar-refractivity contribution in [3.63, 3.8) is 0 Å². The molecular weight excluding hydrogens is 250 g/mol. The molecule has 4 nitrogen and oxygen atoms in total. The maximum Gasteiger partial charge on any atom is 0.163 e. The smallest absolute Gasteiger partial charge is 0.163 e. The second-order valence-electron chi connectivity index (χ2n) is 4.62. The van der Waals surface area contributed by atoms with E-state index in [1.165, 1.54) is 0 Å². The monoisotopic (exact) mass is 261 g/mol. The van der Waals surface area contributed by atoms with Gasteiger partial charge in [0.1, 0.15) is 17.0 Å². The van der Waals surface area contributed by atoms with Gasteiger partial charge in [0.25, 0.3) is 0 Å². The van der Waals surface area contributed by atoms with Crippen LogP contribution in [0.5, 0.6) is 5.75 Å². The van der Waals surface area contributed by atoms with E-state index in [9.17, 15) is 5.11 Å². The highest BCUT2D eigenvalue weighted by Crippen LogP contribution is 2.26. The van der Waals surface area contributed by atoms with Gasteiger partial charge in [0.05, 0.1) is 11.7 Å². The average Bonchev–Trinajstić information content (AvgIpc) is 2.91.